The van der Waals surface area contributed by atoms with Crippen molar-refractivity contribution in [3.05, 3.63) is 29.8 Å². The number of thioether (sulfide) groups is 1. The van der Waals surface area contributed by atoms with Crippen molar-refractivity contribution in [1.82, 2.24) is 25.1 Å². The van der Waals surface area contributed by atoms with Gasteiger partial charge in [0.1, 0.15) is 0 Å². The van der Waals surface area contributed by atoms with E-state index in [4.69, 9.17) is 0 Å². The van der Waals surface area contributed by atoms with Gasteiger partial charge in [0.15, 0.2) is 0 Å². The largest absolute Gasteiger partial charge is 0.339 e. The number of tetrazole rings is 1. The number of hydrogen-bond acceptors (Lipinski definition) is 6. The Kier molecular flexibility index (Phi) is 7.58. The fourth-order valence-corrected chi connectivity index (χ4v) is 2.95. The lowest BCUT2D eigenvalue weighted by molar-refractivity contribution is -0.113. The summed E-state index contributed by atoms with van der Waals surface area (Å²) >= 11 is 1.26. The van der Waals surface area contributed by atoms with E-state index < -0.39 is 0 Å². The van der Waals surface area contributed by atoms with E-state index >= 15 is 0 Å². The molecule has 0 saturated carbocycles. The van der Waals surface area contributed by atoms with Crippen LogP contribution in [0.1, 0.15) is 37.0 Å². The summed E-state index contributed by atoms with van der Waals surface area (Å²) in [6.07, 6.45) is 2.05. The highest BCUT2D eigenvalue weighted by Gasteiger charge is 2.14. The molecule has 1 N–H and O–H groups in total. The maximum Gasteiger partial charge on any atom is 0.253 e. The van der Waals surface area contributed by atoms with Gasteiger partial charge in [-0.25, -0.2) is 4.68 Å². The third-order valence-electron chi connectivity index (χ3n) is 3.78. The van der Waals surface area contributed by atoms with Gasteiger partial charge in [-0.2, -0.15) is 0 Å². The van der Waals surface area contributed by atoms with Crippen molar-refractivity contribution >= 4 is 29.3 Å². The molecule has 140 valence electrons. The molecule has 26 heavy (non-hydrogen) atoms. The first-order valence-corrected chi connectivity index (χ1v) is 9.58. The van der Waals surface area contributed by atoms with Crippen molar-refractivity contribution in [3.8, 4) is 0 Å². The quantitative estimate of drug-likeness (QED) is 0.675. The first kappa shape index (κ1) is 19.9. The second-order valence-corrected chi connectivity index (χ2v) is 6.68. The molecule has 2 amide bonds. The average Bonchev–Trinajstić information content (AvgIpc) is 3.06. The van der Waals surface area contributed by atoms with Gasteiger partial charge in [-0.15, -0.1) is 5.10 Å². The van der Waals surface area contributed by atoms with E-state index in [0.717, 1.165) is 19.4 Å². The van der Waals surface area contributed by atoms with Crippen LogP contribution in [0.25, 0.3) is 0 Å². The highest BCUT2D eigenvalue weighted by Crippen LogP contribution is 2.15. The van der Waals surface area contributed by atoms with Gasteiger partial charge in [0.05, 0.1) is 5.75 Å². The molecule has 0 aliphatic rings. The predicted octanol–water partition coefficient (Wildman–Crippen LogP) is 2.20. The number of unbranched alkanes of at least 4 members (excludes halogenated alkanes) is 1. The molecule has 0 radical (unpaired) electrons. The third-order valence-corrected chi connectivity index (χ3v) is 4.79. The number of anilines is 1. The molecule has 2 rings (SSSR count). The number of carbonyl (C=O) groups excluding carboxylic acids is 2. The number of rotatable bonds is 9. The molecule has 0 aliphatic heterocycles. The summed E-state index contributed by atoms with van der Waals surface area (Å²) < 4.78 is 1.51. The maximum atomic E-state index is 12.5. The van der Waals surface area contributed by atoms with Crippen molar-refractivity contribution in [1.29, 1.82) is 0 Å². The zero-order valence-corrected chi connectivity index (χ0v) is 16.1. The van der Waals surface area contributed by atoms with Gasteiger partial charge < -0.3 is 10.2 Å². The number of benzene rings is 1. The van der Waals surface area contributed by atoms with Crippen LogP contribution in [0.5, 0.6) is 0 Å². The lowest BCUT2D eigenvalue weighted by Crippen LogP contribution is -2.31. The second kappa shape index (κ2) is 9.91. The standard InChI is InChI=1S/C17H24N6O2S/c1-4-6-11-23(5-2)16(25)13-7-9-14(10-8-13)18-15(24)12-26-17-19-20-21-22(17)3/h7-10H,4-6,11-12H2,1-3H3,(H,18,24). The average molecular weight is 376 g/mol. The zero-order valence-electron chi connectivity index (χ0n) is 15.3. The predicted molar refractivity (Wildman–Crippen MR) is 101 cm³/mol. The molecule has 1 aromatic heterocycles. The first-order chi connectivity index (χ1) is 12.5. The Bertz CT molecular complexity index is 731. The zero-order chi connectivity index (χ0) is 18.9. The van der Waals surface area contributed by atoms with Gasteiger partial charge in [0.2, 0.25) is 11.1 Å². The molecular formula is C17H24N6O2S. The van der Waals surface area contributed by atoms with E-state index in [1.165, 1.54) is 16.4 Å². The Balaban J connectivity index is 1.89. The van der Waals surface area contributed by atoms with Crippen molar-refractivity contribution in [2.75, 3.05) is 24.2 Å². The van der Waals surface area contributed by atoms with E-state index in [9.17, 15) is 9.59 Å². The second-order valence-electron chi connectivity index (χ2n) is 5.74. The summed E-state index contributed by atoms with van der Waals surface area (Å²) in [6.45, 7) is 5.53. The van der Waals surface area contributed by atoms with Crippen LogP contribution in [0, 0.1) is 0 Å². The molecule has 0 aliphatic carbocycles. The van der Waals surface area contributed by atoms with Gasteiger partial charge in [-0.3, -0.25) is 9.59 Å². The van der Waals surface area contributed by atoms with Crippen molar-refractivity contribution in [3.63, 3.8) is 0 Å². The van der Waals surface area contributed by atoms with Gasteiger partial charge >= 0.3 is 0 Å². The van der Waals surface area contributed by atoms with Crippen LogP contribution in [0.3, 0.4) is 0 Å². The Hall–Kier alpha value is -2.42. The molecule has 9 heteroatoms. The highest BCUT2D eigenvalue weighted by atomic mass is 32.2. The smallest absolute Gasteiger partial charge is 0.253 e. The van der Waals surface area contributed by atoms with Crippen molar-refractivity contribution in [2.24, 2.45) is 7.05 Å². The number of aromatic nitrogens is 4. The SMILES string of the molecule is CCCCN(CC)C(=O)c1ccc(NC(=O)CSc2nnnn2C)cc1. The van der Waals surface area contributed by atoms with E-state index in [-0.39, 0.29) is 17.6 Å². The Morgan fingerprint density at radius 3 is 2.54 bits per heavy atom. The van der Waals surface area contributed by atoms with E-state index in [2.05, 4.69) is 27.8 Å². The minimum absolute atomic E-state index is 0.0177. The summed E-state index contributed by atoms with van der Waals surface area (Å²) in [6, 6.07) is 6.97. The molecule has 0 unspecified atom stereocenters. The number of nitrogens with one attached hydrogen (secondary N) is 1. The monoisotopic (exact) mass is 376 g/mol. The fraction of sp³-hybridized carbons (Fsp3) is 0.471. The van der Waals surface area contributed by atoms with Crippen LogP contribution >= 0.6 is 11.8 Å². The molecule has 0 saturated heterocycles. The van der Waals surface area contributed by atoms with Crippen LogP contribution in [0.4, 0.5) is 5.69 Å². The molecular weight excluding hydrogens is 352 g/mol. The fourth-order valence-electron chi connectivity index (χ4n) is 2.30. The van der Waals surface area contributed by atoms with Crippen molar-refractivity contribution in [2.45, 2.75) is 31.8 Å². The van der Waals surface area contributed by atoms with E-state index in [0.29, 0.717) is 23.0 Å². The van der Waals surface area contributed by atoms with Crippen LogP contribution < -0.4 is 5.32 Å². The molecule has 0 spiro atoms. The van der Waals surface area contributed by atoms with Gasteiger partial charge in [-0.1, -0.05) is 25.1 Å². The van der Waals surface area contributed by atoms with Gasteiger partial charge in [0.25, 0.3) is 5.91 Å². The molecule has 1 heterocycles. The van der Waals surface area contributed by atoms with Crippen molar-refractivity contribution < 1.29 is 9.59 Å². The van der Waals surface area contributed by atoms with E-state index in [1.807, 2.05) is 11.8 Å². The molecule has 1 aromatic carbocycles. The Morgan fingerprint density at radius 1 is 1.23 bits per heavy atom. The molecule has 2 aromatic rings. The first-order valence-electron chi connectivity index (χ1n) is 8.59. The molecule has 0 fully saturated rings. The van der Waals surface area contributed by atoms with Crippen LogP contribution in [0.15, 0.2) is 29.4 Å². The summed E-state index contributed by atoms with van der Waals surface area (Å²) in [5, 5.41) is 14.4. The lowest BCUT2D eigenvalue weighted by atomic mass is 10.1. The van der Waals surface area contributed by atoms with Crippen LogP contribution in [0.2, 0.25) is 0 Å². The summed E-state index contributed by atoms with van der Waals surface area (Å²) in [5.74, 6) is 0.0644. The normalized spacial score (nSPS) is 10.6. The Labute approximate surface area is 157 Å². The number of amides is 2. The summed E-state index contributed by atoms with van der Waals surface area (Å²) in [4.78, 5) is 26.4. The third kappa shape index (κ3) is 5.55. The van der Waals surface area contributed by atoms with Crippen LogP contribution in [-0.4, -0.2) is 55.8 Å². The van der Waals surface area contributed by atoms with E-state index in [1.54, 1.807) is 31.3 Å². The summed E-state index contributed by atoms with van der Waals surface area (Å²) in [7, 11) is 1.72. The maximum absolute atomic E-state index is 12.5. The number of aryl methyl sites for hydroxylation is 1. The molecule has 8 nitrogen and oxygen atoms in total. The van der Waals surface area contributed by atoms with Crippen LogP contribution in [-0.2, 0) is 11.8 Å². The number of nitrogens with zero attached hydrogens (tertiary/aromatic N) is 5. The topological polar surface area (TPSA) is 93.0 Å². The molecule has 0 bridgehead atoms. The number of hydrogen-bond donors (Lipinski definition) is 1. The summed E-state index contributed by atoms with van der Waals surface area (Å²) in [5.41, 5.74) is 1.28. The number of carbonyl (C=O) groups is 2. The molecule has 0 atom stereocenters. The minimum Gasteiger partial charge on any atom is -0.339 e. The van der Waals surface area contributed by atoms with Gasteiger partial charge in [0, 0.05) is 31.4 Å². The Morgan fingerprint density at radius 2 is 1.96 bits per heavy atom. The lowest BCUT2D eigenvalue weighted by Gasteiger charge is -2.20. The van der Waals surface area contributed by atoms with Gasteiger partial charge in [-0.05, 0) is 48.0 Å². The minimum atomic E-state index is -0.157. The highest BCUT2D eigenvalue weighted by molar-refractivity contribution is 7.99.